The average molecular weight is 451 g/mol. The van der Waals surface area contributed by atoms with E-state index in [1.807, 2.05) is 6.92 Å². The first-order valence-electron chi connectivity index (χ1n) is 9.98. The number of aromatic nitrogens is 1. The van der Waals surface area contributed by atoms with Gasteiger partial charge in [0, 0.05) is 18.3 Å². The molecule has 0 bridgehead atoms. The molecule has 0 fully saturated rings. The zero-order valence-corrected chi connectivity index (χ0v) is 18.9. The highest BCUT2D eigenvalue weighted by Gasteiger charge is 2.30. The molecule has 0 unspecified atom stereocenters. The smallest absolute Gasteiger partial charge is 0.334 e. The highest BCUT2D eigenvalue weighted by molar-refractivity contribution is 6.33. The summed E-state index contributed by atoms with van der Waals surface area (Å²) >= 11 is 6.44. The topological polar surface area (TPSA) is 107 Å². The first-order valence-corrected chi connectivity index (χ1v) is 10.4. The standard InChI is InChI=1S/C21H27ClN4O5/c1-5-7-10-23-17-11-14(3)24-21(20(17)26(28)29)25(13-19(27)31-6-2)18-9-8-15(30-4)12-16(18)22/h8-9,11-12H,5-7,10,13H2,1-4H3,(H,23,24). The summed E-state index contributed by atoms with van der Waals surface area (Å²) < 4.78 is 10.3. The molecule has 9 nitrogen and oxygen atoms in total. The van der Waals surface area contributed by atoms with Gasteiger partial charge >= 0.3 is 11.7 Å². The number of hydrogen-bond acceptors (Lipinski definition) is 8. The van der Waals surface area contributed by atoms with Gasteiger partial charge in [0.25, 0.3) is 0 Å². The van der Waals surface area contributed by atoms with Crippen LogP contribution in [0.2, 0.25) is 5.02 Å². The third-order valence-electron chi connectivity index (χ3n) is 4.42. The number of benzene rings is 1. The van der Waals surface area contributed by atoms with Crippen molar-refractivity contribution < 1.29 is 19.2 Å². The third-order valence-corrected chi connectivity index (χ3v) is 4.73. The van der Waals surface area contributed by atoms with E-state index in [0.717, 1.165) is 12.8 Å². The molecule has 0 aliphatic carbocycles. The number of anilines is 3. The highest BCUT2D eigenvalue weighted by Crippen LogP contribution is 2.41. The Morgan fingerprint density at radius 2 is 2.06 bits per heavy atom. The Morgan fingerprint density at radius 3 is 2.65 bits per heavy atom. The van der Waals surface area contributed by atoms with Gasteiger partial charge < -0.3 is 19.7 Å². The first kappa shape index (κ1) is 24.2. The third kappa shape index (κ3) is 6.21. The monoisotopic (exact) mass is 450 g/mol. The summed E-state index contributed by atoms with van der Waals surface area (Å²) in [6, 6.07) is 6.46. The van der Waals surface area contributed by atoms with Crippen molar-refractivity contribution in [2.45, 2.75) is 33.6 Å². The lowest BCUT2D eigenvalue weighted by atomic mass is 10.2. The van der Waals surface area contributed by atoms with Crippen LogP contribution in [0.3, 0.4) is 0 Å². The van der Waals surface area contributed by atoms with Crippen molar-refractivity contribution in [1.29, 1.82) is 0 Å². The zero-order chi connectivity index (χ0) is 23.0. The molecule has 1 heterocycles. The summed E-state index contributed by atoms with van der Waals surface area (Å²) in [5.41, 5.74) is 1.02. The molecule has 0 radical (unpaired) electrons. The van der Waals surface area contributed by atoms with Crippen LogP contribution in [0.4, 0.5) is 22.9 Å². The fourth-order valence-corrected chi connectivity index (χ4v) is 3.27. The molecule has 1 N–H and O–H groups in total. The molecule has 0 saturated heterocycles. The number of esters is 1. The van der Waals surface area contributed by atoms with E-state index < -0.39 is 10.9 Å². The molecule has 2 aromatic rings. The minimum Gasteiger partial charge on any atom is -0.497 e. The molecule has 0 amide bonds. The van der Waals surface area contributed by atoms with E-state index in [1.54, 1.807) is 38.1 Å². The maximum Gasteiger partial charge on any atom is 0.334 e. The van der Waals surface area contributed by atoms with E-state index in [9.17, 15) is 14.9 Å². The summed E-state index contributed by atoms with van der Waals surface area (Å²) in [5, 5.41) is 15.4. The van der Waals surface area contributed by atoms with Crippen LogP contribution in [0.5, 0.6) is 5.75 Å². The van der Waals surface area contributed by atoms with Gasteiger partial charge in [-0.2, -0.15) is 0 Å². The lowest BCUT2D eigenvalue weighted by molar-refractivity contribution is -0.383. The Bertz CT molecular complexity index is 938. The molecular formula is C21H27ClN4O5. The largest absolute Gasteiger partial charge is 0.497 e. The van der Waals surface area contributed by atoms with E-state index in [0.29, 0.717) is 29.4 Å². The molecule has 0 atom stereocenters. The minimum atomic E-state index is -0.563. The van der Waals surface area contributed by atoms with Crippen LogP contribution in [0.1, 0.15) is 32.4 Å². The number of nitrogens with zero attached hydrogens (tertiary/aromatic N) is 3. The molecule has 0 spiro atoms. The maximum atomic E-state index is 12.4. The van der Waals surface area contributed by atoms with Gasteiger partial charge in [0.1, 0.15) is 18.0 Å². The number of carbonyl (C=O) groups excluding carboxylic acids is 1. The molecular weight excluding hydrogens is 424 g/mol. The summed E-state index contributed by atoms with van der Waals surface area (Å²) in [7, 11) is 1.50. The molecule has 168 valence electrons. The number of ether oxygens (including phenoxy) is 2. The van der Waals surface area contributed by atoms with Gasteiger partial charge in [0.05, 0.1) is 29.4 Å². The quantitative estimate of drug-likeness (QED) is 0.223. The van der Waals surface area contributed by atoms with E-state index in [2.05, 4.69) is 10.3 Å². The number of nitrogens with one attached hydrogen (secondary N) is 1. The van der Waals surface area contributed by atoms with Crippen LogP contribution >= 0.6 is 11.6 Å². The summed E-state index contributed by atoms with van der Waals surface area (Å²) in [5.74, 6) is -0.0462. The zero-order valence-electron chi connectivity index (χ0n) is 18.1. The van der Waals surface area contributed by atoms with Gasteiger partial charge in [-0.05, 0) is 38.5 Å². The number of methoxy groups -OCH3 is 1. The van der Waals surface area contributed by atoms with Gasteiger partial charge in [-0.1, -0.05) is 24.9 Å². The van der Waals surface area contributed by atoms with Crippen LogP contribution in [-0.4, -0.2) is 42.7 Å². The van der Waals surface area contributed by atoms with Crippen molar-refractivity contribution in [2.24, 2.45) is 0 Å². The molecule has 1 aromatic heterocycles. The molecule has 1 aromatic carbocycles. The fraction of sp³-hybridized carbons (Fsp3) is 0.429. The second-order valence-corrected chi connectivity index (χ2v) is 7.14. The second kappa shape index (κ2) is 11.4. The van der Waals surface area contributed by atoms with Crippen molar-refractivity contribution in [3.8, 4) is 5.75 Å². The number of rotatable bonds is 11. The predicted octanol–water partition coefficient (Wildman–Crippen LogP) is 4.87. The van der Waals surface area contributed by atoms with Crippen molar-refractivity contribution >= 4 is 40.5 Å². The Morgan fingerprint density at radius 1 is 1.32 bits per heavy atom. The maximum absolute atomic E-state index is 12.4. The van der Waals surface area contributed by atoms with E-state index in [4.69, 9.17) is 21.1 Å². The van der Waals surface area contributed by atoms with Gasteiger partial charge in [0.2, 0.25) is 5.82 Å². The number of aryl methyl sites for hydroxylation is 1. The lowest BCUT2D eigenvalue weighted by Gasteiger charge is -2.25. The molecule has 0 aliphatic heterocycles. The van der Waals surface area contributed by atoms with Crippen LogP contribution in [0.25, 0.3) is 0 Å². The first-order chi connectivity index (χ1) is 14.8. The van der Waals surface area contributed by atoms with Crippen molar-refractivity contribution in [3.63, 3.8) is 0 Å². The number of unbranched alkanes of at least 4 members (excludes halogenated alkanes) is 1. The lowest BCUT2D eigenvalue weighted by Crippen LogP contribution is -2.29. The predicted molar refractivity (Wildman–Crippen MR) is 121 cm³/mol. The van der Waals surface area contributed by atoms with Gasteiger partial charge in [-0.3, -0.25) is 14.9 Å². The summed E-state index contributed by atoms with van der Waals surface area (Å²) in [6.45, 7) is 5.90. The van der Waals surface area contributed by atoms with E-state index in [-0.39, 0.29) is 29.7 Å². The Kier molecular flexibility index (Phi) is 8.87. The summed E-state index contributed by atoms with van der Waals surface area (Å²) in [4.78, 5) is 29.7. The Hall–Kier alpha value is -3.07. The van der Waals surface area contributed by atoms with Gasteiger partial charge in [0.15, 0.2) is 0 Å². The van der Waals surface area contributed by atoms with Gasteiger partial charge in [-0.15, -0.1) is 0 Å². The number of halogens is 1. The van der Waals surface area contributed by atoms with E-state index >= 15 is 0 Å². The molecule has 0 aliphatic rings. The molecule has 31 heavy (non-hydrogen) atoms. The second-order valence-electron chi connectivity index (χ2n) is 6.73. The SMILES string of the molecule is CCCCNc1cc(C)nc(N(CC(=O)OCC)c2ccc(OC)cc2Cl)c1[N+](=O)[O-]. The number of pyridine rings is 1. The van der Waals surface area contributed by atoms with Crippen molar-refractivity contribution in [1.82, 2.24) is 4.98 Å². The van der Waals surface area contributed by atoms with Crippen LogP contribution in [0.15, 0.2) is 24.3 Å². The fourth-order valence-electron chi connectivity index (χ4n) is 3.00. The van der Waals surface area contributed by atoms with Crippen LogP contribution < -0.4 is 15.0 Å². The van der Waals surface area contributed by atoms with Crippen LogP contribution in [0, 0.1) is 17.0 Å². The number of hydrogen-bond donors (Lipinski definition) is 1. The highest BCUT2D eigenvalue weighted by atomic mass is 35.5. The van der Waals surface area contributed by atoms with Crippen molar-refractivity contribution in [3.05, 3.63) is 45.1 Å². The molecule has 2 rings (SSSR count). The Labute approximate surface area is 186 Å². The molecule has 10 heteroatoms. The van der Waals surface area contributed by atoms with Gasteiger partial charge in [-0.25, -0.2) is 4.98 Å². The number of nitro groups is 1. The molecule has 0 saturated carbocycles. The van der Waals surface area contributed by atoms with Crippen LogP contribution in [-0.2, 0) is 9.53 Å². The normalized spacial score (nSPS) is 10.5. The minimum absolute atomic E-state index is 0.00381. The Balaban J connectivity index is 2.66. The average Bonchev–Trinajstić information content (AvgIpc) is 2.72. The summed E-state index contributed by atoms with van der Waals surface area (Å²) in [6.07, 6.45) is 1.79. The van der Waals surface area contributed by atoms with Crippen molar-refractivity contribution in [2.75, 3.05) is 37.0 Å². The number of carbonyl (C=O) groups is 1. The van der Waals surface area contributed by atoms with E-state index in [1.165, 1.54) is 12.0 Å².